The molecular formula is C17H11NO4. The van der Waals surface area contributed by atoms with Crippen molar-refractivity contribution >= 4 is 28.5 Å². The van der Waals surface area contributed by atoms with E-state index in [-0.39, 0.29) is 17.2 Å². The average Bonchev–Trinajstić information content (AvgIpc) is 2.97. The Bertz CT molecular complexity index is 859. The Morgan fingerprint density at radius 2 is 1.91 bits per heavy atom. The minimum Gasteiger partial charge on any atom is -0.453 e. The second-order valence-corrected chi connectivity index (χ2v) is 4.70. The zero-order valence-electron chi connectivity index (χ0n) is 11.4. The van der Waals surface area contributed by atoms with Crippen LogP contribution >= 0.6 is 0 Å². The fraction of sp³-hybridized carbons (Fsp3) is 0. The van der Waals surface area contributed by atoms with Gasteiger partial charge in [0.25, 0.3) is 5.69 Å². The standard InChI is InChI=1S/C17H11NO4/c19-15(17-11-13-5-1-2-7-16(13)22-17)9-8-12-4-3-6-14(10-12)18(20)21/h1-11H. The molecule has 0 aliphatic carbocycles. The van der Waals surface area contributed by atoms with Gasteiger partial charge in [0.15, 0.2) is 5.76 Å². The highest BCUT2D eigenvalue weighted by Gasteiger charge is 2.09. The van der Waals surface area contributed by atoms with Crippen molar-refractivity contribution in [2.45, 2.75) is 0 Å². The monoisotopic (exact) mass is 293 g/mol. The zero-order valence-corrected chi connectivity index (χ0v) is 11.4. The molecule has 0 N–H and O–H groups in total. The summed E-state index contributed by atoms with van der Waals surface area (Å²) in [5, 5.41) is 11.6. The van der Waals surface area contributed by atoms with Gasteiger partial charge < -0.3 is 4.42 Å². The van der Waals surface area contributed by atoms with Gasteiger partial charge in [0, 0.05) is 17.5 Å². The first-order valence-electron chi connectivity index (χ1n) is 6.59. The summed E-state index contributed by atoms with van der Waals surface area (Å²) in [4.78, 5) is 22.3. The van der Waals surface area contributed by atoms with Gasteiger partial charge in [-0.1, -0.05) is 36.4 Å². The number of carbonyl (C=O) groups excluding carboxylic acids is 1. The second-order valence-electron chi connectivity index (χ2n) is 4.70. The van der Waals surface area contributed by atoms with Crippen LogP contribution < -0.4 is 0 Å². The molecule has 1 heterocycles. The molecule has 2 aromatic carbocycles. The molecule has 0 radical (unpaired) electrons. The summed E-state index contributed by atoms with van der Waals surface area (Å²) in [6, 6.07) is 15.1. The topological polar surface area (TPSA) is 73.3 Å². The summed E-state index contributed by atoms with van der Waals surface area (Å²) in [6.07, 6.45) is 2.87. The number of benzene rings is 2. The van der Waals surface area contributed by atoms with Gasteiger partial charge in [-0.25, -0.2) is 0 Å². The first kappa shape index (κ1) is 13.8. The predicted molar refractivity (Wildman–Crippen MR) is 82.7 cm³/mol. The molecule has 1 aromatic heterocycles. The van der Waals surface area contributed by atoms with Crippen molar-refractivity contribution in [1.82, 2.24) is 0 Å². The van der Waals surface area contributed by atoms with Crippen LogP contribution in [0.1, 0.15) is 16.1 Å². The molecule has 0 aliphatic heterocycles. The molecule has 0 amide bonds. The molecule has 108 valence electrons. The number of nitro benzene ring substituents is 1. The SMILES string of the molecule is O=C(C=Cc1cccc([N+](=O)[O-])c1)c1cc2ccccc2o1. The third kappa shape index (κ3) is 2.78. The van der Waals surface area contributed by atoms with Crippen molar-refractivity contribution in [3.8, 4) is 0 Å². The normalized spacial score (nSPS) is 11.1. The van der Waals surface area contributed by atoms with Crippen LogP contribution in [0.3, 0.4) is 0 Å². The van der Waals surface area contributed by atoms with Gasteiger partial charge >= 0.3 is 0 Å². The summed E-state index contributed by atoms with van der Waals surface area (Å²) in [5.41, 5.74) is 1.21. The van der Waals surface area contributed by atoms with E-state index < -0.39 is 4.92 Å². The highest BCUT2D eigenvalue weighted by Crippen LogP contribution is 2.20. The minimum absolute atomic E-state index is 0.0154. The Morgan fingerprint density at radius 1 is 1.09 bits per heavy atom. The summed E-state index contributed by atoms with van der Waals surface area (Å²) in [5.74, 6) is -0.0504. The van der Waals surface area contributed by atoms with Gasteiger partial charge in [-0.05, 0) is 23.8 Å². The predicted octanol–water partition coefficient (Wildman–Crippen LogP) is 4.24. The summed E-state index contributed by atoms with van der Waals surface area (Å²) < 4.78 is 5.47. The van der Waals surface area contributed by atoms with Gasteiger partial charge in [0.05, 0.1) is 4.92 Å². The van der Waals surface area contributed by atoms with Gasteiger partial charge in [0.1, 0.15) is 5.58 Å². The van der Waals surface area contributed by atoms with Crippen LogP contribution in [0.15, 0.2) is 65.1 Å². The quantitative estimate of drug-likeness (QED) is 0.312. The molecule has 5 heteroatoms. The molecule has 22 heavy (non-hydrogen) atoms. The molecule has 0 fully saturated rings. The van der Waals surface area contributed by atoms with Crippen LogP contribution in [-0.2, 0) is 0 Å². The third-order valence-electron chi connectivity index (χ3n) is 3.18. The van der Waals surface area contributed by atoms with Gasteiger partial charge in [-0.15, -0.1) is 0 Å². The lowest BCUT2D eigenvalue weighted by Gasteiger charge is -1.94. The minimum atomic E-state index is -0.474. The summed E-state index contributed by atoms with van der Waals surface area (Å²) in [7, 11) is 0. The molecule has 3 rings (SSSR count). The fourth-order valence-electron chi connectivity index (χ4n) is 2.10. The lowest BCUT2D eigenvalue weighted by atomic mass is 10.1. The fourth-order valence-corrected chi connectivity index (χ4v) is 2.10. The number of hydrogen-bond donors (Lipinski definition) is 0. The second kappa shape index (κ2) is 5.65. The molecule has 0 atom stereocenters. The number of para-hydroxylation sites is 1. The maximum atomic E-state index is 12.1. The van der Waals surface area contributed by atoms with Crippen molar-refractivity contribution < 1.29 is 14.1 Å². The van der Waals surface area contributed by atoms with E-state index >= 15 is 0 Å². The van der Waals surface area contributed by atoms with E-state index in [1.807, 2.05) is 18.2 Å². The largest absolute Gasteiger partial charge is 0.453 e. The lowest BCUT2D eigenvalue weighted by molar-refractivity contribution is -0.384. The first-order chi connectivity index (χ1) is 10.6. The Labute approximate surface area is 125 Å². The summed E-state index contributed by atoms with van der Waals surface area (Å²) in [6.45, 7) is 0. The first-order valence-corrected chi connectivity index (χ1v) is 6.59. The Morgan fingerprint density at radius 3 is 2.68 bits per heavy atom. The van der Waals surface area contributed by atoms with E-state index in [2.05, 4.69) is 0 Å². The van der Waals surface area contributed by atoms with E-state index in [1.54, 1.807) is 24.3 Å². The van der Waals surface area contributed by atoms with Crippen LogP contribution in [0, 0.1) is 10.1 Å². The number of nitrogens with zero attached hydrogens (tertiary/aromatic N) is 1. The number of hydrogen-bond acceptors (Lipinski definition) is 4. The van der Waals surface area contributed by atoms with E-state index in [9.17, 15) is 14.9 Å². The van der Waals surface area contributed by atoms with Crippen molar-refractivity contribution in [3.05, 3.63) is 82.1 Å². The van der Waals surface area contributed by atoms with Crippen LogP contribution in [0.2, 0.25) is 0 Å². The zero-order chi connectivity index (χ0) is 15.5. The highest BCUT2D eigenvalue weighted by molar-refractivity contribution is 6.06. The van der Waals surface area contributed by atoms with Crippen molar-refractivity contribution in [2.75, 3.05) is 0 Å². The van der Waals surface area contributed by atoms with E-state index in [1.165, 1.54) is 24.3 Å². The lowest BCUT2D eigenvalue weighted by Crippen LogP contribution is -1.91. The van der Waals surface area contributed by atoms with Crippen LogP contribution in [-0.4, -0.2) is 10.7 Å². The number of nitro groups is 1. The average molecular weight is 293 g/mol. The number of non-ortho nitro benzene ring substituents is 1. The number of rotatable bonds is 4. The molecule has 0 spiro atoms. The van der Waals surface area contributed by atoms with Crippen LogP contribution in [0.25, 0.3) is 17.0 Å². The Kier molecular flexibility index (Phi) is 3.53. The molecule has 0 saturated carbocycles. The third-order valence-corrected chi connectivity index (χ3v) is 3.18. The Hall–Kier alpha value is -3.21. The van der Waals surface area contributed by atoms with E-state index in [0.717, 1.165) is 5.39 Å². The van der Waals surface area contributed by atoms with Gasteiger partial charge in [0.2, 0.25) is 5.78 Å². The van der Waals surface area contributed by atoms with E-state index in [4.69, 9.17) is 4.42 Å². The number of fused-ring (bicyclic) bond motifs is 1. The highest BCUT2D eigenvalue weighted by atomic mass is 16.6. The molecule has 0 unspecified atom stereocenters. The molecular weight excluding hydrogens is 282 g/mol. The molecule has 0 saturated heterocycles. The van der Waals surface area contributed by atoms with Gasteiger partial charge in [-0.2, -0.15) is 0 Å². The smallest absolute Gasteiger partial charge is 0.270 e. The van der Waals surface area contributed by atoms with Crippen LogP contribution in [0.4, 0.5) is 5.69 Å². The summed E-state index contributed by atoms with van der Waals surface area (Å²) >= 11 is 0. The van der Waals surface area contributed by atoms with E-state index in [0.29, 0.717) is 11.1 Å². The molecule has 0 aliphatic rings. The molecule has 0 bridgehead atoms. The Balaban J connectivity index is 1.84. The number of allylic oxidation sites excluding steroid dienone is 1. The van der Waals surface area contributed by atoms with Crippen molar-refractivity contribution in [1.29, 1.82) is 0 Å². The van der Waals surface area contributed by atoms with Crippen molar-refractivity contribution in [2.24, 2.45) is 0 Å². The molecule has 5 nitrogen and oxygen atoms in total. The molecule has 3 aromatic rings. The van der Waals surface area contributed by atoms with Gasteiger partial charge in [-0.3, -0.25) is 14.9 Å². The number of carbonyl (C=O) groups is 1. The van der Waals surface area contributed by atoms with Crippen molar-refractivity contribution in [3.63, 3.8) is 0 Å². The maximum Gasteiger partial charge on any atom is 0.270 e. The van der Waals surface area contributed by atoms with Crippen LogP contribution in [0.5, 0.6) is 0 Å². The number of furan rings is 1. The number of ketones is 1. The maximum absolute atomic E-state index is 12.1.